The highest BCUT2D eigenvalue weighted by atomic mass is 15.1. The second kappa shape index (κ2) is 10.2. The van der Waals surface area contributed by atoms with Gasteiger partial charge in [-0.3, -0.25) is 0 Å². The van der Waals surface area contributed by atoms with Gasteiger partial charge in [-0.15, -0.1) is 0 Å². The van der Waals surface area contributed by atoms with E-state index < -0.39 is 0 Å². The van der Waals surface area contributed by atoms with Crippen LogP contribution >= 0.6 is 0 Å². The minimum atomic E-state index is 0.214. The van der Waals surface area contributed by atoms with Gasteiger partial charge >= 0.3 is 0 Å². The quantitative estimate of drug-likeness (QED) is 0.467. The van der Waals surface area contributed by atoms with E-state index in [2.05, 4.69) is 34.4 Å². The van der Waals surface area contributed by atoms with Crippen LogP contribution in [0.1, 0.15) is 52.4 Å². The summed E-state index contributed by atoms with van der Waals surface area (Å²) in [4.78, 5) is 7.92. The smallest absolute Gasteiger partial charge is 0.223 e. The standard InChI is InChI=1S/C15H30N6/c1-3-12(2)18-9-7-5-4-6-8-10-19-14-11-13(16)20-15(17)21-14/h11-12,18H,3-10H2,1-2H3,(H5,16,17,19,20,21). The maximum absolute atomic E-state index is 5.61. The number of hydrogen-bond acceptors (Lipinski definition) is 6. The van der Waals surface area contributed by atoms with E-state index in [1.165, 1.54) is 32.1 Å². The molecular formula is C15H30N6. The molecule has 0 bridgehead atoms. The van der Waals surface area contributed by atoms with Crippen molar-refractivity contribution >= 4 is 17.6 Å². The van der Waals surface area contributed by atoms with Gasteiger partial charge in [0.1, 0.15) is 11.6 Å². The maximum Gasteiger partial charge on any atom is 0.223 e. The largest absolute Gasteiger partial charge is 0.383 e. The summed E-state index contributed by atoms with van der Waals surface area (Å²) in [6.07, 6.45) is 7.38. The van der Waals surface area contributed by atoms with E-state index >= 15 is 0 Å². The van der Waals surface area contributed by atoms with Gasteiger partial charge in [-0.2, -0.15) is 9.97 Å². The first kappa shape index (κ1) is 17.5. The van der Waals surface area contributed by atoms with E-state index in [4.69, 9.17) is 11.5 Å². The Hall–Kier alpha value is -1.56. The Morgan fingerprint density at radius 1 is 1.05 bits per heavy atom. The van der Waals surface area contributed by atoms with Crippen molar-refractivity contribution in [2.75, 3.05) is 29.9 Å². The number of nitrogens with two attached hydrogens (primary N) is 2. The second-order valence-electron chi connectivity index (χ2n) is 5.49. The lowest BCUT2D eigenvalue weighted by molar-refractivity contribution is 0.506. The highest BCUT2D eigenvalue weighted by Gasteiger charge is 1.99. The molecule has 1 unspecified atom stereocenters. The number of aromatic nitrogens is 2. The number of nitrogens with zero attached hydrogens (tertiary/aromatic N) is 2. The lowest BCUT2D eigenvalue weighted by atomic mass is 10.1. The van der Waals surface area contributed by atoms with Crippen molar-refractivity contribution in [3.63, 3.8) is 0 Å². The molecule has 1 heterocycles. The molecule has 0 radical (unpaired) electrons. The summed E-state index contributed by atoms with van der Waals surface area (Å²) in [5.41, 5.74) is 11.2. The van der Waals surface area contributed by atoms with E-state index in [0.29, 0.717) is 17.7 Å². The Bertz CT molecular complexity index is 376. The van der Waals surface area contributed by atoms with Gasteiger partial charge in [-0.25, -0.2) is 0 Å². The molecule has 0 fully saturated rings. The van der Waals surface area contributed by atoms with Gasteiger partial charge < -0.3 is 22.1 Å². The van der Waals surface area contributed by atoms with Gasteiger partial charge in [0.05, 0.1) is 0 Å². The Morgan fingerprint density at radius 3 is 2.38 bits per heavy atom. The van der Waals surface area contributed by atoms with E-state index in [9.17, 15) is 0 Å². The van der Waals surface area contributed by atoms with E-state index in [-0.39, 0.29) is 5.95 Å². The van der Waals surface area contributed by atoms with Crippen molar-refractivity contribution in [3.05, 3.63) is 6.07 Å². The molecule has 0 aliphatic carbocycles. The van der Waals surface area contributed by atoms with Crippen molar-refractivity contribution in [3.8, 4) is 0 Å². The molecule has 0 saturated heterocycles. The summed E-state index contributed by atoms with van der Waals surface area (Å²) in [5.74, 6) is 1.32. The molecule has 1 aromatic rings. The molecule has 0 aromatic carbocycles. The third kappa shape index (κ3) is 8.34. The van der Waals surface area contributed by atoms with Gasteiger partial charge in [0, 0.05) is 18.7 Å². The predicted molar refractivity (Wildman–Crippen MR) is 90.2 cm³/mol. The molecule has 21 heavy (non-hydrogen) atoms. The molecular weight excluding hydrogens is 264 g/mol. The van der Waals surface area contributed by atoms with Gasteiger partial charge in [-0.1, -0.05) is 26.2 Å². The highest BCUT2D eigenvalue weighted by molar-refractivity contribution is 5.48. The molecule has 0 aliphatic rings. The van der Waals surface area contributed by atoms with Crippen LogP contribution in [0.3, 0.4) is 0 Å². The van der Waals surface area contributed by atoms with E-state index in [1.807, 2.05) is 0 Å². The Labute approximate surface area is 128 Å². The molecule has 6 heteroatoms. The Kier molecular flexibility index (Phi) is 8.50. The number of hydrogen-bond donors (Lipinski definition) is 4. The van der Waals surface area contributed by atoms with Crippen molar-refractivity contribution < 1.29 is 0 Å². The first-order valence-corrected chi connectivity index (χ1v) is 7.99. The second-order valence-corrected chi connectivity index (χ2v) is 5.49. The fourth-order valence-electron chi connectivity index (χ4n) is 2.07. The van der Waals surface area contributed by atoms with Crippen LogP contribution in [0.2, 0.25) is 0 Å². The summed E-state index contributed by atoms with van der Waals surface area (Å²) in [6.45, 7) is 6.47. The molecule has 0 saturated carbocycles. The van der Waals surface area contributed by atoms with Crippen LogP contribution in [0, 0.1) is 0 Å². The number of anilines is 3. The Morgan fingerprint density at radius 2 is 1.71 bits per heavy atom. The van der Waals surface area contributed by atoms with E-state index in [1.54, 1.807) is 6.07 Å². The van der Waals surface area contributed by atoms with Gasteiger partial charge in [0.25, 0.3) is 0 Å². The van der Waals surface area contributed by atoms with Gasteiger partial charge in [-0.05, 0) is 32.7 Å². The predicted octanol–water partition coefficient (Wildman–Crippen LogP) is 2.39. The van der Waals surface area contributed by atoms with Gasteiger partial charge in [0.15, 0.2) is 0 Å². The monoisotopic (exact) mass is 294 g/mol. The summed E-state index contributed by atoms with van der Waals surface area (Å²) in [5, 5.41) is 6.74. The van der Waals surface area contributed by atoms with E-state index in [0.717, 1.165) is 19.5 Å². The SMILES string of the molecule is CCC(C)NCCCCCCCNc1cc(N)nc(N)n1. The number of rotatable bonds is 11. The summed E-state index contributed by atoms with van der Waals surface area (Å²) in [7, 11) is 0. The fraction of sp³-hybridized carbons (Fsp3) is 0.733. The molecule has 6 N–H and O–H groups in total. The topological polar surface area (TPSA) is 102 Å². The minimum absolute atomic E-state index is 0.214. The lowest BCUT2D eigenvalue weighted by Gasteiger charge is -2.10. The number of nitrogen functional groups attached to an aromatic ring is 2. The van der Waals surface area contributed by atoms with Crippen molar-refractivity contribution in [2.45, 2.75) is 58.4 Å². The first-order valence-electron chi connectivity index (χ1n) is 7.99. The summed E-state index contributed by atoms with van der Waals surface area (Å²) >= 11 is 0. The lowest BCUT2D eigenvalue weighted by Crippen LogP contribution is -2.25. The van der Waals surface area contributed by atoms with Crippen molar-refractivity contribution in [1.29, 1.82) is 0 Å². The minimum Gasteiger partial charge on any atom is -0.383 e. The molecule has 0 amide bonds. The van der Waals surface area contributed by atoms with Crippen LogP contribution in [0.5, 0.6) is 0 Å². The molecule has 1 rings (SSSR count). The molecule has 0 spiro atoms. The summed E-state index contributed by atoms with van der Waals surface area (Å²) < 4.78 is 0. The van der Waals surface area contributed by atoms with Crippen molar-refractivity contribution in [1.82, 2.24) is 15.3 Å². The molecule has 6 nitrogen and oxygen atoms in total. The van der Waals surface area contributed by atoms with Crippen LogP contribution < -0.4 is 22.1 Å². The van der Waals surface area contributed by atoms with Crippen LogP contribution in [-0.2, 0) is 0 Å². The summed E-state index contributed by atoms with van der Waals surface area (Å²) in [6, 6.07) is 2.35. The zero-order chi connectivity index (χ0) is 15.5. The average molecular weight is 294 g/mol. The number of nitrogens with one attached hydrogen (secondary N) is 2. The van der Waals surface area contributed by atoms with Gasteiger partial charge in [0.2, 0.25) is 5.95 Å². The fourth-order valence-corrected chi connectivity index (χ4v) is 2.07. The molecule has 120 valence electrons. The molecule has 1 atom stereocenters. The first-order chi connectivity index (χ1) is 10.1. The highest BCUT2D eigenvalue weighted by Crippen LogP contribution is 2.10. The molecule has 1 aromatic heterocycles. The average Bonchev–Trinajstić information content (AvgIpc) is 2.44. The number of unbranched alkanes of at least 4 members (excludes halogenated alkanes) is 4. The van der Waals surface area contributed by atoms with Crippen LogP contribution in [-0.4, -0.2) is 29.1 Å². The zero-order valence-corrected chi connectivity index (χ0v) is 13.4. The van der Waals surface area contributed by atoms with Crippen LogP contribution in [0.25, 0.3) is 0 Å². The third-order valence-corrected chi connectivity index (χ3v) is 3.53. The van der Waals surface area contributed by atoms with Crippen molar-refractivity contribution in [2.24, 2.45) is 0 Å². The van der Waals surface area contributed by atoms with Crippen LogP contribution in [0.4, 0.5) is 17.6 Å². The maximum atomic E-state index is 5.61. The Balaban J connectivity index is 1.97. The third-order valence-electron chi connectivity index (χ3n) is 3.53. The molecule has 0 aliphatic heterocycles. The van der Waals surface area contributed by atoms with Crippen LogP contribution in [0.15, 0.2) is 6.07 Å². The zero-order valence-electron chi connectivity index (χ0n) is 13.4. The normalized spacial score (nSPS) is 12.3.